The minimum Gasteiger partial charge on any atom is -0.477 e. The molecule has 1 aromatic carbocycles. The van der Waals surface area contributed by atoms with Gasteiger partial charge in [-0.25, -0.2) is 4.79 Å². The number of aliphatic hydroxyl groups excluding tert-OH is 1. The van der Waals surface area contributed by atoms with Gasteiger partial charge in [-0.15, -0.1) is 11.8 Å². The average molecular weight is 447 g/mol. The van der Waals surface area contributed by atoms with Gasteiger partial charge < -0.3 is 10.2 Å². The molecule has 3 heterocycles. The van der Waals surface area contributed by atoms with Gasteiger partial charge in [0, 0.05) is 17.8 Å². The van der Waals surface area contributed by atoms with Crippen LogP contribution >= 0.6 is 23.5 Å². The number of hydrogen-bond donors (Lipinski definition) is 2. The molecule has 160 valence electrons. The molecule has 0 aromatic heterocycles. The SMILES string of the molecule is CC[C@H](O)[C@@H]1C(=O)N2C(C(=O)O)=C(SC3CCN(C4Cc5ccccc5C4)C3)S[C@H]12. The maximum absolute atomic E-state index is 12.5. The summed E-state index contributed by atoms with van der Waals surface area (Å²) in [7, 11) is 0. The topological polar surface area (TPSA) is 81.1 Å². The summed E-state index contributed by atoms with van der Waals surface area (Å²) in [6.45, 7) is 3.82. The van der Waals surface area contributed by atoms with Gasteiger partial charge in [-0.05, 0) is 43.4 Å². The second kappa shape index (κ2) is 7.89. The van der Waals surface area contributed by atoms with Crippen LogP contribution in [0.1, 0.15) is 30.9 Å². The van der Waals surface area contributed by atoms with E-state index in [-0.39, 0.29) is 17.0 Å². The first kappa shape index (κ1) is 20.4. The number of fused-ring (bicyclic) bond motifs is 2. The number of carboxylic acids is 1. The van der Waals surface area contributed by atoms with E-state index in [1.165, 1.54) is 27.8 Å². The Bertz CT molecular complexity index is 895. The largest absolute Gasteiger partial charge is 0.477 e. The number of aliphatic carboxylic acids is 1. The molecule has 1 aliphatic carbocycles. The molecule has 0 radical (unpaired) electrons. The highest BCUT2D eigenvalue weighted by atomic mass is 32.2. The number of thioether (sulfide) groups is 2. The molecule has 1 amide bonds. The van der Waals surface area contributed by atoms with Crippen molar-refractivity contribution in [2.24, 2.45) is 5.92 Å². The molecule has 4 aliphatic rings. The van der Waals surface area contributed by atoms with Crippen LogP contribution in [0.3, 0.4) is 0 Å². The van der Waals surface area contributed by atoms with E-state index < -0.39 is 18.0 Å². The van der Waals surface area contributed by atoms with Crippen molar-refractivity contribution in [2.75, 3.05) is 13.1 Å². The van der Waals surface area contributed by atoms with Crippen molar-refractivity contribution >= 4 is 35.4 Å². The summed E-state index contributed by atoms with van der Waals surface area (Å²) in [6, 6.07) is 9.18. The Morgan fingerprint density at radius 1 is 1.30 bits per heavy atom. The third kappa shape index (κ3) is 3.28. The van der Waals surface area contributed by atoms with Gasteiger partial charge >= 0.3 is 5.97 Å². The third-order valence-electron chi connectivity index (χ3n) is 6.78. The van der Waals surface area contributed by atoms with Crippen molar-refractivity contribution in [3.05, 3.63) is 45.3 Å². The Morgan fingerprint density at radius 2 is 2.00 bits per heavy atom. The van der Waals surface area contributed by atoms with Crippen molar-refractivity contribution in [1.29, 1.82) is 0 Å². The van der Waals surface area contributed by atoms with E-state index in [4.69, 9.17) is 0 Å². The highest BCUT2D eigenvalue weighted by Crippen LogP contribution is 2.55. The Kier molecular flexibility index (Phi) is 5.37. The predicted molar refractivity (Wildman–Crippen MR) is 118 cm³/mol. The van der Waals surface area contributed by atoms with E-state index in [0.29, 0.717) is 17.7 Å². The molecule has 2 N–H and O–H groups in total. The number of hydrogen-bond acceptors (Lipinski definition) is 6. The highest BCUT2D eigenvalue weighted by molar-refractivity contribution is 8.23. The Balaban J connectivity index is 1.25. The number of β-lactam (4-membered cyclic amide) rings is 1. The third-order valence-corrected chi connectivity index (χ3v) is 9.63. The molecule has 0 spiro atoms. The van der Waals surface area contributed by atoms with Crippen LogP contribution in [0.15, 0.2) is 34.2 Å². The van der Waals surface area contributed by atoms with Crippen LogP contribution in [0.25, 0.3) is 0 Å². The number of carbonyl (C=O) groups is 2. The molecule has 0 saturated carbocycles. The van der Waals surface area contributed by atoms with Crippen LogP contribution in [0.5, 0.6) is 0 Å². The van der Waals surface area contributed by atoms with E-state index in [0.717, 1.165) is 36.6 Å². The summed E-state index contributed by atoms with van der Waals surface area (Å²) in [5.41, 5.74) is 3.01. The quantitative estimate of drug-likeness (QED) is 0.650. The molecule has 1 aromatic rings. The lowest BCUT2D eigenvalue weighted by atomic mass is 9.90. The highest BCUT2D eigenvalue weighted by Gasteiger charge is 2.58. The second-order valence-corrected chi connectivity index (χ2v) is 11.2. The molecular weight excluding hydrogens is 420 g/mol. The van der Waals surface area contributed by atoms with Crippen LogP contribution in [0.2, 0.25) is 0 Å². The lowest BCUT2D eigenvalue weighted by Crippen LogP contribution is -2.61. The maximum Gasteiger partial charge on any atom is 0.354 e. The molecule has 5 rings (SSSR count). The number of carboxylic acid groups (broad SMARTS) is 1. The standard InChI is InChI=1S/C22H26N2O4S2/c1-2-16(25)17-19(26)24-18(21(27)28)22(30-20(17)24)29-15-7-8-23(11-15)14-9-12-5-3-4-6-13(12)10-14/h3-6,14-17,20,25H,2,7-11H2,1H3,(H,27,28)/t15?,16-,17+,20+/m0/s1. The molecular formula is C22H26N2O4S2. The van der Waals surface area contributed by atoms with E-state index in [9.17, 15) is 19.8 Å². The second-order valence-electron chi connectivity index (χ2n) is 8.51. The first-order chi connectivity index (χ1) is 14.5. The Labute approximate surface area is 184 Å². The van der Waals surface area contributed by atoms with Crippen molar-refractivity contribution in [1.82, 2.24) is 9.80 Å². The number of rotatable bonds is 6. The molecule has 8 heteroatoms. The Hall–Kier alpha value is -1.48. The minimum atomic E-state index is -1.05. The van der Waals surface area contributed by atoms with Crippen LogP contribution < -0.4 is 0 Å². The van der Waals surface area contributed by atoms with Gasteiger partial charge in [-0.1, -0.05) is 43.0 Å². The number of carbonyl (C=O) groups excluding carboxylic acids is 1. The monoisotopic (exact) mass is 446 g/mol. The van der Waals surface area contributed by atoms with Crippen LogP contribution in [0, 0.1) is 5.92 Å². The molecule has 3 aliphatic heterocycles. The number of aliphatic hydroxyl groups is 1. The fraction of sp³-hybridized carbons (Fsp3) is 0.545. The number of benzene rings is 1. The molecule has 4 atom stereocenters. The molecule has 0 bridgehead atoms. The van der Waals surface area contributed by atoms with Gasteiger partial charge in [0.25, 0.3) is 0 Å². The van der Waals surface area contributed by atoms with Gasteiger partial charge in [-0.2, -0.15) is 0 Å². The molecule has 1 unspecified atom stereocenters. The summed E-state index contributed by atoms with van der Waals surface area (Å²) < 4.78 is 0.730. The van der Waals surface area contributed by atoms with Crippen molar-refractivity contribution < 1.29 is 19.8 Å². The first-order valence-corrected chi connectivity index (χ1v) is 12.4. The first-order valence-electron chi connectivity index (χ1n) is 10.6. The normalized spacial score (nSPS) is 29.9. The van der Waals surface area contributed by atoms with Crippen molar-refractivity contribution in [3.8, 4) is 0 Å². The van der Waals surface area contributed by atoms with Gasteiger partial charge in [0.05, 0.1) is 16.3 Å². The van der Waals surface area contributed by atoms with Gasteiger partial charge in [-0.3, -0.25) is 14.6 Å². The van der Waals surface area contributed by atoms with Crippen LogP contribution in [-0.4, -0.2) is 67.7 Å². The zero-order chi connectivity index (χ0) is 21.0. The summed E-state index contributed by atoms with van der Waals surface area (Å²) in [5.74, 6) is -1.80. The number of amides is 1. The smallest absolute Gasteiger partial charge is 0.354 e. The maximum atomic E-state index is 12.5. The zero-order valence-electron chi connectivity index (χ0n) is 16.9. The fourth-order valence-corrected chi connectivity index (χ4v) is 8.41. The predicted octanol–water partition coefficient (Wildman–Crippen LogP) is 2.52. The number of nitrogens with zero attached hydrogens (tertiary/aromatic N) is 2. The van der Waals surface area contributed by atoms with E-state index in [1.54, 1.807) is 11.8 Å². The summed E-state index contributed by atoms with van der Waals surface area (Å²) in [6.07, 6.45) is 2.98. The zero-order valence-corrected chi connectivity index (χ0v) is 18.5. The number of likely N-dealkylation sites (tertiary alicyclic amines) is 1. The van der Waals surface area contributed by atoms with E-state index in [1.807, 2.05) is 6.92 Å². The summed E-state index contributed by atoms with van der Waals surface area (Å²) in [5, 5.41) is 20.0. The van der Waals surface area contributed by atoms with Gasteiger partial charge in [0.1, 0.15) is 5.37 Å². The molecule has 6 nitrogen and oxygen atoms in total. The molecule has 2 saturated heterocycles. The van der Waals surface area contributed by atoms with Crippen molar-refractivity contribution in [2.45, 2.75) is 55.4 Å². The van der Waals surface area contributed by atoms with Crippen LogP contribution in [0.4, 0.5) is 0 Å². The van der Waals surface area contributed by atoms with Crippen LogP contribution in [-0.2, 0) is 22.4 Å². The van der Waals surface area contributed by atoms with E-state index in [2.05, 4.69) is 29.2 Å². The van der Waals surface area contributed by atoms with E-state index >= 15 is 0 Å². The fourth-order valence-electron chi connectivity index (χ4n) is 5.12. The summed E-state index contributed by atoms with van der Waals surface area (Å²) >= 11 is 3.06. The summed E-state index contributed by atoms with van der Waals surface area (Å²) in [4.78, 5) is 28.4. The van der Waals surface area contributed by atoms with Gasteiger partial charge in [0.15, 0.2) is 5.70 Å². The lowest BCUT2D eigenvalue weighted by molar-refractivity contribution is -0.157. The van der Waals surface area contributed by atoms with Crippen molar-refractivity contribution in [3.63, 3.8) is 0 Å². The minimum absolute atomic E-state index is 0.117. The average Bonchev–Trinajstić information content (AvgIpc) is 3.43. The van der Waals surface area contributed by atoms with Gasteiger partial charge in [0.2, 0.25) is 5.91 Å². The molecule has 30 heavy (non-hydrogen) atoms. The lowest BCUT2D eigenvalue weighted by Gasteiger charge is -2.44. The Morgan fingerprint density at radius 3 is 2.63 bits per heavy atom. The molecule has 2 fully saturated rings.